The molecular weight excluding hydrogens is 344 g/mol. The van der Waals surface area contributed by atoms with Crippen LogP contribution in [0.1, 0.15) is 35.6 Å². The predicted molar refractivity (Wildman–Crippen MR) is 104 cm³/mol. The molecule has 0 saturated carbocycles. The smallest absolute Gasteiger partial charge is 0.243 e. The molecule has 1 aliphatic carbocycles. The van der Waals surface area contributed by atoms with Crippen molar-refractivity contribution >= 4 is 10.0 Å². The van der Waals surface area contributed by atoms with Gasteiger partial charge in [-0.1, -0.05) is 36.4 Å². The van der Waals surface area contributed by atoms with Gasteiger partial charge in [-0.05, 0) is 61.6 Å². The number of nitrogens with zero attached hydrogens (tertiary/aromatic N) is 2. The molecule has 0 aromatic heterocycles. The average Bonchev–Trinajstić information content (AvgIpc) is 2.68. The second-order valence-corrected chi connectivity index (χ2v) is 9.33. The lowest BCUT2D eigenvalue weighted by atomic mass is 9.92. The fourth-order valence-corrected chi connectivity index (χ4v) is 5.79. The van der Waals surface area contributed by atoms with Crippen molar-refractivity contribution in [1.29, 1.82) is 0 Å². The Balaban J connectivity index is 1.71. The number of benzene rings is 2. The summed E-state index contributed by atoms with van der Waals surface area (Å²) in [4.78, 5) is 2.65. The van der Waals surface area contributed by atoms with Crippen molar-refractivity contribution in [3.8, 4) is 0 Å². The first-order chi connectivity index (χ1) is 12.6. The molecule has 5 heteroatoms. The van der Waals surface area contributed by atoms with Gasteiger partial charge in [0.1, 0.15) is 0 Å². The third kappa shape index (κ3) is 3.31. The Hall–Kier alpha value is -1.69. The summed E-state index contributed by atoms with van der Waals surface area (Å²) < 4.78 is 28.6. The molecule has 2 aromatic rings. The highest BCUT2D eigenvalue weighted by molar-refractivity contribution is 7.89. The van der Waals surface area contributed by atoms with E-state index < -0.39 is 10.0 Å². The maximum absolute atomic E-state index is 13.5. The van der Waals surface area contributed by atoms with Gasteiger partial charge in [0, 0.05) is 19.6 Å². The highest BCUT2D eigenvalue weighted by Crippen LogP contribution is 2.32. The van der Waals surface area contributed by atoms with Gasteiger partial charge in [0.2, 0.25) is 10.0 Å². The number of sulfonamides is 1. The molecule has 2 aromatic carbocycles. The van der Waals surface area contributed by atoms with E-state index in [4.69, 9.17) is 0 Å². The molecule has 138 valence electrons. The Bertz CT molecular complexity index is 880. The van der Waals surface area contributed by atoms with E-state index in [1.54, 1.807) is 10.4 Å². The molecule has 1 fully saturated rings. The van der Waals surface area contributed by atoms with Gasteiger partial charge in [-0.25, -0.2) is 8.42 Å². The van der Waals surface area contributed by atoms with Crippen LogP contribution >= 0.6 is 0 Å². The largest absolute Gasteiger partial charge is 0.303 e. The molecule has 2 aliphatic rings. The summed E-state index contributed by atoms with van der Waals surface area (Å²) in [6, 6.07) is 15.6. The second-order valence-electron chi connectivity index (χ2n) is 7.44. The number of fused-ring (bicyclic) bond motifs is 1. The van der Waals surface area contributed by atoms with E-state index in [1.165, 1.54) is 17.5 Å². The van der Waals surface area contributed by atoms with E-state index in [2.05, 4.69) is 11.9 Å². The first kappa shape index (κ1) is 17.7. The molecule has 0 unspecified atom stereocenters. The van der Waals surface area contributed by atoms with Gasteiger partial charge in [-0.2, -0.15) is 4.31 Å². The SMILES string of the molecule is CN1CCN(S(=O)(=O)c2ccc3c(c2)CCCC3)[C@H](c2ccccc2)C1. The Kier molecular flexibility index (Phi) is 4.86. The van der Waals surface area contributed by atoms with Crippen molar-refractivity contribution in [1.82, 2.24) is 9.21 Å². The standard InChI is InChI=1S/C21H26N2O2S/c1-22-13-14-23(21(16-22)18-8-3-2-4-9-18)26(24,25)20-12-11-17-7-5-6-10-19(17)15-20/h2-4,8-9,11-12,15,21H,5-7,10,13-14,16H2,1H3/t21-/m0/s1. The van der Waals surface area contributed by atoms with Crippen molar-refractivity contribution < 1.29 is 8.42 Å². The highest BCUT2D eigenvalue weighted by Gasteiger charge is 2.36. The quantitative estimate of drug-likeness (QED) is 0.833. The summed E-state index contributed by atoms with van der Waals surface area (Å²) in [6.45, 7) is 2.00. The number of aryl methyl sites for hydroxylation is 2. The minimum Gasteiger partial charge on any atom is -0.303 e. The van der Waals surface area contributed by atoms with E-state index in [1.807, 2.05) is 42.5 Å². The lowest BCUT2D eigenvalue weighted by Gasteiger charge is -2.39. The van der Waals surface area contributed by atoms with Crippen molar-refractivity contribution in [2.75, 3.05) is 26.7 Å². The van der Waals surface area contributed by atoms with Crippen LogP contribution in [-0.4, -0.2) is 44.3 Å². The van der Waals surface area contributed by atoms with Crippen LogP contribution in [0.2, 0.25) is 0 Å². The minimum absolute atomic E-state index is 0.143. The summed E-state index contributed by atoms with van der Waals surface area (Å²) >= 11 is 0. The Labute approximate surface area is 156 Å². The van der Waals surface area contributed by atoms with Crippen molar-refractivity contribution in [2.24, 2.45) is 0 Å². The topological polar surface area (TPSA) is 40.6 Å². The van der Waals surface area contributed by atoms with Gasteiger partial charge < -0.3 is 4.90 Å². The van der Waals surface area contributed by atoms with E-state index in [-0.39, 0.29) is 6.04 Å². The summed E-state index contributed by atoms with van der Waals surface area (Å²) in [5.74, 6) is 0. The second kappa shape index (κ2) is 7.14. The Morgan fingerprint density at radius 3 is 2.42 bits per heavy atom. The molecule has 4 rings (SSSR count). The zero-order valence-corrected chi connectivity index (χ0v) is 16.1. The number of likely N-dealkylation sites (N-methyl/N-ethyl adjacent to an activating group) is 1. The van der Waals surface area contributed by atoms with E-state index in [0.29, 0.717) is 18.0 Å². The van der Waals surface area contributed by atoms with Crippen LogP contribution in [-0.2, 0) is 22.9 Å². The third-order valence-electron chi connectivity index (χ3n) is 5.65. The summed E-state index contributed by atoms with van der Waals surface area (Å²) in [5.41, 5.74) is 3.58. The van der Waals surface area contributed by atoms with Gasteiger partial charge >= 0.3 is 0 Å². The van der Waals surface area contributed by atoms with E-state index in [0.717, 1.165) is 31.4 Å². The van der Waals surface area contributed by atoms with Crippen molar-refractivity contribution in [3.63, 3.8) is 0 Å². The molecule has 1 atom stereocenters. The molecule has 26 heavy (non-hydrogen) atoms. The Morgan fingerprint density at radius 1 is 0.923 bits per heavy atom. The van der Waals surface area contributed by atoms with Gasteiger partial charge in [0.25, 0.3) is 0 Å². The van der Waals surface area contributed by atoms with E-state index in [9.17, 15) is 8.42 Å². The molecule has 0 amide bonds. The van der Waals surface area contributed by atoms with Crippen LogP contribution in [0, 0.1) is 0 Å². The van der Waals surface area contributed by atoms with Crippen LogP contribution < -0.4 is 0 Å². The maximum atomic E-state index is 13.5. The number of rotatable bonds is 3. The molecule has 1 saturated heterocycles. The third-order valence-corrected chi connectivity index (χ3v) is 7.55. The predicted octanol–water partition coefficient (Wildman–Crippen LogP) is 3.24. The molecule has 0 radical (unpaired) electrons. The Morgan fingerprint density at radius 2 is 1.65 bits per heavy atom. The first-order valence-electron chi connectivity index (χ1n) is 9.43. The highest BCUT2D eigenvalue weighted by atomic mass is 32.2. The van der Waals surface area contributed by atoms with Gasteiger partial charge in [-0.15, -0.1) is 0 Å². The molecule has 0 N–H and O–H groups in total. The summed E-state index contributed by atoms with van der Waals surface area (Å²) in [7, 11) is -1.46. The van der Waals surface area contributed by atoms with Crippen LogP contribution in [0.25, 0.3) is 0 Å². The fraction of sp³-hybridized carbons (Fsp3) is 0.429. The van der Waals surface area contributed by atoms with Crippen molar-refractivity contribution in [2.45, 2.75) is 36.6 Å². The number of hydrogen-bond donors (Lipinski definition) is 0. The van der Waals surface area contributed by atoms with Crippen LogP contribution in [0.3, 0.4) is 0 Å². The van der Waals surface area contributed by atoms with Gasteiger partial charge in [-0.3, -0.25) is 0 Å². The van der Waals surface area contributed by atoms with E-state index >= 15 is 0 Å². The summed E-state index contributed by atoms with van der Waals surface area (Å²) in [5, 5.41) is 0. The van der Waals surface area contributed by atoms with Gasteiger partial charge in [0.15, 0.2) is 0 Å². The minimum atomic E-state index is -3.51. The van der Waals surface area contributed by atoms with Crippen LogP contribution in [0.4, 0.5) is 0 Å². The summed E-state index contributed by atoms with van der Waals surface area (Å²) in [6.07, 6.45) is 4.41. The lowest BCUT2D eigenvalue weighted by molar-refractivity contribution is 0.160. The monoisotopic (exact) mass is 370 g/mol. The molecule has 0 spiro atoms. The molecule has 4 nitrogen and oxygen atoms in total. The molecule has 0 bridgehead atoms. The lowest BCUT2D eigenvalue weighted by Crippen LogP contribution is -2.49. The molecule has 1 heterocycles. The number of piperazine rings is 1. The van der Waals surface area contributed by atoms with Crippen LogP contribution in [0.5, 0.6) is 0 Å². The number of hydrogen-bond acceptors (Lipinski definition) is 3. The molecule has 1 aliphatic heterocycles. The normalized spacial score (nSPS) is 22.1. The van der Waals surface area contributed by atoms with Crippen molar-refractivity contribution in [3.05, 3.63) is 65.2 Å². The van der Waals surface area contributed by atoms with Crippen LogP contribution in [0.15, 0.2) is 53.4 Å². The van der Waals surface area contributed by atoms with Gasteiger partial charge in [0.05, 0.1) is 10.9 Å². The molecular formula is C21H26N2O2S. The first-order valence-corrected chi connectivity index (χ1v) is 10.9. The zero-order valence-electron chi connectivity index (χ0n) is 15.3. The maximum Gasteiger partial charge on any atom is 0.243 e. The fourth-order valence-electron chi connectivity index (χ4n) is 4.14. The average molecular weight is 371 g/mol. The zero-order chi connectivity index (χ0) is 18.1.